The van der Waals surface area contributed by atoms with E-state index in [-0.39, 0.29) is 11.9 Å². The third-order valence-corrected chi connectivity index (χ3v) is 2.78. The van der Waals surface area contributed by atoms with E-state index < -0.39 is 0 Å². The molecule has 1 unspecified atom stereocenters. The fourth-order valence-corrected chi connectivity index (χ4v) is 1.88. The molecule has 0 fully saturated rings. The fourth-order valence-electron chi connectivity index (χ4n) is 1.88. The molecule has 0 aliphatic carbocycles. The number of hydrazine groups is 1. The number of aromatic nitrogens is 1. The topological polar surface area (TPSA) is 77.0 Å². The zero-order chi connectivity index (χ0) is 13.0. The van der Waals surface area contributed by atoms with Gasteiger partial charge < -0.3 is 5.73 Å². The molecule has 1 heterocycles. The van der Waals surface area contributed by atoms with E-state index in [2.05, 4.69) is 10.4 Å². The van der Waals surface area contributed by atoms with Crippen LogP contribution in [0.15, 0.2) is 42.6 Å². The first kappa shape index (κ1) is 12.5. The minimum atomic E-state index is -0.262. The van der Waals surface area contributed by atoms with E-state index in [1.807, 2.05) is 12.1 Å². The minimum Gasteiger partial charge on any atom is -0.383 e. The van der Waals surface area contributed by atoms with Gasteiger partial charge in [0.05, 0.1) is 6.04 Å². The number of nitrogens with one attached hydrogen (secondary N) is 1. The smallest absolute Gasteiger partial charge is 0.128 e. The van der Waals surface area contributed by atoms with Gasteiger partial charge in [0.1, 0.15) is 11.6 Å². The van der Waals surface area contributed by atoms with Crippen molar-refractivity contribution in [1.82, 2.24) is 10.4 Å². The molecule has 0 spiro atoms. The number of benzene rings is 1. The van der Waals surface area contributed by atoms with Crippen LogP contribution in [-0.2, 0) is 6.42 Å². The molecule has 0 saturated carbocycles. The molecule has 1 aromatic heterocycles. The Balaban J connectivity index is 2.23. The van der Waals surface area contributed by atoms with Crippen molar-refractivity contribution >= 4 is 5.82 Å². The number of halogens is 1. The predicted octanol–water partition coefficient (Wildman–Crippen LogP) is 1.55. The molecule has 1 aromatic carbocycles. The molecule has 0 saturated heterocycles. The first-order valence-corrected chi connectivity index (χ1v) is 5.61. The van der Waals surface area contributed by atoms with Crippen molar-refractivity contribution in [2.24, 2.45) is 5.84 Å². The molecule has 0 radical (unpaired) electrons. The zero-order valence-corrected chi connectivity index (χ0v) is 9.81. The lowest BCUT2D eigenvalue weighted by Crippen LogP contribution is -2.30. The highest BCUT2D eigenvalue weighted by Crippen LogP contribution is 2.21. The van der Waals surface area contributed by atoms with Crippen LogP contribution >= 0.6 is 0 Å². The van der Waals surface area contributed by atoms with Gasteiger partial charge in [-0.3, -0.25) is 11.3 Å². The van der Waals surface area contributed by atoms with Gasteiger partial charge in [-0.15, -0.1) is 0 Å². The second-order valence-corrected chi connectivity index (χ2v) is 4.03. The Morgan fingerprint density at radius 2 is 2.11 bits per heavy atom. The third-order valence-electron chi connectivity index (χ3n) is 2.78. The Morgan fingerprint density at radius 1 is 1.28 bits per heavy atom. The van der Waals surface area contributed by atoms with Crippen LogP contribution in [0.1, 0.15) is 17.2 Å². The lowest BCUT2D eigenvalue weighted by molar-refractivity contribution is 0.549. The molecule has 1 atom stereocenters. The molecular weight excluding hydrogens is 231 g/mol. The van der Waals surface area contributed by atoms with Gasteiger partial charge in [-0.25, -0.2) is 9.37 Å². The first-order chi connectivity index (χ1) is 8.70. The van der Waals surface area contributed by atoms with Crippen LogP contribution in [0, 0.1) is 5.82 Å². The number of hydrogen-bond acceptors (Lipinski definition) is 4. The average molecular weight is 246 g/mol. The summed E-state index contributed by atoms with van der Waals surface area (Å²) in [5.74, 6) is 5.70. The van der Waals surface area contributed by atoms with Gasteiger partial charge in [-0.05, 0) is 30.2 Å². The summed E-state index contributed by atoms with van der Waals surface area (Å²) in [6, 6.07) is 9.86. The van der Waals surface area contributed by atoms with Crippen molar-refractivity contribution in [1.29, 1.82) is 0 Å². The number of pyridine rings is 1. The number of hydrogen-bond donors (Lipinski definition) is 3. The van der Waals surface area contributed by atoms with Crippen molar-refractivity contribution in [3.8, 4) is 0 Å². The van der Waals surface area contributed by atoms with Gasteiger partial charge in [0, 0.05) is 11.8 Å². The molecule has 0 bridgehead atoms. The second kappa shape index (κ2) is 5.57. The predicted molar refractivity (Wildman–Crippen MR) is 68.8 cm³/mol. The highest BCUT2D eigenvalue weighted by molar-refractivity contribution is 5.41. The van der Waals surface area contributed by atoms with E-state index in [0.717, 1.165) is 11.1 Å². The van der Waals surface area contributed by atoms with Gasteiger partial charge in [-0.2, -0.15) is 0 Å². The first-order valence-electron chi connectivity index (χ1n) is 5.61. The van der Waals surface area contributed by atoms with E-state index in [9.17, 15) is 4.39 Å². The SMILES string of the molecule is NNC(Cc1cccc(F)c1)c1cccnc1N. The van der Waals surface area contributed by atoms with E-state index in [1.54, 1.807) is 18.3 Å². The van der Waals surface area contributed by atoms with Crippen LogP contribution in [0.3, 0.4) is 0 Å². The van der Waals surface area contributed by atoms with Crippen molar-refractivity contribution < 1.29 is 4.39 Å². The van der Waals surface area contributed by atoms with E-state index in [4.69, 9.17) is 11.6 Å². The molecule has 0 aliphatic rings. The number of nitrogens with zero attached hydrogens (tertiary/aromatic N) is 1. The summed E-state index contributed by atoms with van der Waals surface area (Å²) in [5.41, 5.74) is 10.1. The van der Waals surface area contributed by atoms with Gasteiger partial charge in [-0.1, -0.05) is 18.2 Å². The normalized spacial score (nSPS) is 12.3. The third kappa shape index (κ3) is 2.82. The van der Waals surface area contributed by atoms with Crippen LogP contribution in [0.5, 0.6) is 0 Å². The molecule has 5 heteroatoms. The molecule has 5 N–H and O–H groups in total. The number of anilines is 1. The summed E-state index contributed by atoms with van der Waals surface area (Å²) in [6.07, 6.45) is 2.17. The van der Waals surface area contributed by atoms with Gasteiger partial charge in [0.25, 0.3) is 0 Å². The summed E-state index contributed by atoms with van der Waals surface area (Å²) >= 11 is 0. The van der Waals surface area contributed by atoms with Gasteiger partial charge >= 0.3 is 0 Å². The van der Waals surface area contributed by atoms with E-state index in [1.165, 1.54) is 12.1 Å². The van der Waals surface area contributed by atoms with Crippen molar-refractivity contribution in [2.45, 2.75) is 12.5 Å². The maximum atomic E-state index is 13.1. The molecule has 0 aliphatic heterocycles. The molecular formula is C13H15FN4. The zero-order valence-electron chi connectivity index (χ0n) is 9.81. The van der Waals surface area contributed by atoms with Crippen molar-refractivity contribution in [2.75, 3.05) is 5.73 Å². The summed E-state index contributed by atoms with van der Waals surface area (Å²) in [7, 11) is 0. The fraction of sp³-hybridized carbons (Fsp3) is 0.154. The van der Waals surface area contributed by atoms with Crippen molar-refractivity contribution in [3.63, 3.8) is 0 Å². The highest BCUT2D eigenvalue weighted by Gasteiger charge is 2.14. The maximum absolute atomic E-state index is 13.1. The number of nitrogens with two attached hydrogens (primary N) is 2. The van der Waals surface area contributed by atoms with Crippen LogP contribution in [0.25, 0.3) is 0 Å². The van der Waals surface area contributed by atoms with E-state index in [0.29, 0.717) is 12.2 Å². The van der Waals surface area contributed by atoms with Crippen molar-refractivity contribution in [3.05, 3.63) is 59.5 Å². The quantitative estimate of drug-likeness (QED) is 0.565. The van der Waals surface area contributed by atoms with E-state index >= 15 is 0 Å². The summed E-state index contributed by atoms with van der Waals surface area (Å²) in [4.78, 5) is 4.02. The highest BCUT2D eigenvalue weighted by atomic mass is 19.1. The van der Waals surface area contributed by atoms with Gasteiger partial charge in [0.2, 0.25) is 0 Å². The molecule has 4 nitrogen and oxygen atoms in total. The lowest BCUT2D eigenvalue weighted by Gasteiger charge is -2.17. The van der Waals surface area contributed by atoms with Crippen LogP contribution in [0.2, 0.25) is 0 Å². The largest absolute Gasteiger partial charge is 0.383 e. The number of nitrogen functional groups attached to an aromatic ring is 1. The Labute approximate surface area is 105 Å². The standard InChI is InChI=1S/C13H15FN4/c14-10-4-1-3-9(7-10)8-12(18-16)11-5-2-6-17-13(11)15/h1-7,12,18H,8,16H2,(H2,15,17). The van der Waals surface area contributed by atoms with Crippen LogP contribution < -0.4 is 17.0 Å². The Bertz CT molecular complexity index is 530. The van der Waals surface area contributed by atoms with Crippen LogP contribution in [-0.4, -0.2) is 4.98 Å². The second-order valence-electron chi connectivity index (χ2n) is 4.03. The summed E-state index contributed by atoms with van der Waals surface area (Å²) in [6.45, 7) is 0. The average Bonchev–Trinajstić information content (AvgIpc) is 2.37. The Morgan fingerprint density at radius 3 is 2.78 bits per heavy atom. The van der Waals surface area contributed by atoms with Gasteiger partial charge in [0.15, 0.2) is 0 Å². The van der Waals surface area contributed by atoms with Crippen LogP contribution in [0.4, 0.5) is 10.2 Å². The summed E-state index contributed by atoms with van der Waals surface area (Å²) in [5, 5.41) is 0. The Hall–Kier alpha value is -1.98. The Kier molecular flexibility index (Phi) is 3.86. The molecule has 94 valence electrons. The maximum Gasteiger partial charge on any atom is 0.128 e. The molecule has 2 aromatic rings. The molecule has 0 amide bonds. The molecule has 18 heavy (non-hydrogen) atoms. The monoisotopic (exact) mass is 246 g/mol. The minimum absolute atomic E-state index is 0.194. The number of rotatable bonds is 4. The summed E-state index contributed by atoms with van der Waals surface area (Å²) < 4.78 is 13.1. The lowest BCUT2D eigenvalue weighted by atomic mass is 10.00. The molecule has 2 rings (SSSR count).